The number of benzene rings is 3. The third-order valence-electron chi connectivity index (χ3n) is 4.16. The van der Waals surface area contributed by atoms with Gasteiger partial charge in [-0.05, 0) is 12.1 Å². The third kappa shape index (κ3) is 3.82. The molecule has 6 heteroatoms. The van der Waals surface area contributed by atoms with Gasteiger partial charge in [-0.25, -0.2) is 13.4 Å². The van der Waals surface area contributed by atoms with Gasteiger partial charge in [0.1, 0.15) is 5.69 Å². The Morgan fingerprint density at radius 3 is 2.00 bits per heavy atom. The van der Waals surface area contributed by atoms with E-state index in [1.165, 1.54) is 0 Å². The van der Waals surface area contributed by atoms with Gasteiger partial charge in [0.25, 0.3) is 0 Å². The molecule has 4 rings (SSSR count). The molecule has 1 aromatic heterocycles. The lowest BCUT2D eigenvalue weighted by atomic mass is 10.1. The number of anilines is 1. The molecule has 0 unspecified atom stereocenters. The summed E-state index contributed by atoms with van der Waals surface area (Å²) in [5, 5.41) is 0. The van der Waals surface area contributed by atoms with Gasteiger partial charge in [-0.3, -0.25) is 4.72 Å². The molecule has 0 bridgehead atoms. The second kappa shape index (κ2) is 7.32. The number of para-hydroxylation sites is 1. The molecule has 0 saturated carbocycles. The van der Waals surface area contributed by atoms with Crippen LogP contribution in [0.15, 0.2) is 89.3 Å². The molecule has 0 fully saturated rings. The van der Waals surface area contributed by atoms with Gasteiger partial charge in [0.15, 0.2) is 5.76 Å². The molecule has 140 valence electrons. The number of hydrogen-bond donors (Lipinski definition) is 1. The second-order valence-corrected chi connectivity index (χ2v) is 8.10. The van der Waals surface area contributed by atoms with Crippen LogP contribution in [0.1, 0.15) is 0 Å². The highest BCUT2D eigenvalue weighted by Gasteiger charge is 2.20. The summed E-state index contributed by atoms with van der Waals surface area (Å²) in [4.78, 5) is 4.72. The predicted molar refractivity (Wildman–Crippen MR) is 111 cm³/mol. The van der Waals surface area contributed by atoms with Crippen LogP contribution in [0.25, 0.3) is 34.0 Å². The summed E-state index contributed by atoms with van der Waals surface area (Å²) in [5.74, 6) is 0.986. The molecule has 0 amide bonds. The quantitative estimate of drug-likeness (QED) is 0.518. The summed E-state index contributed by atoms with van der Waals surface area (Å²) in [5.41, 5.74) is 3.52. The van der Waals surface area contributed by atoms with Crippen LogP contribution in [0, 0.1) is 0 Å². The largest absolute Gasteiger partial charge is 0.435 e. The van der Waals surface area contributed by atoms with E-state index in [-0.39, 0.29) is 0 Å². The predicted octanol–water partition coefficient (Wildman–Crippen LogP) is 5.05. The van der Waals surface area contributed by atoms with Crippen LogP contribution >= 0.6 is 0 Å². The fourth-order valence-corrected chi connectivity index (χ4v) is 3.55. The third-order valence-corrected chi connectivity index (χ3v) is 4.75. The number of rotatable bonds is 5. The zero-order valence-corrected chi connectivity index (χ0v) is 16.0. The molecule has 0 saturated heterocycles. The van der Waals surface area contributed by atoms with Crippen LogP contribution in [0.2, 0.25) is 0 Å². The Kier molecular flexibility index (Phi) is 4.71. The van der Waals surface area contributed by atoms with Crippen molar-refractivity contribution in [3.8, 4) is 34.0 Å². The highest BCUT2D eigenvalue weighted by Crippen LogP contribution is 2.37. The van der Waals surface area contributed by atoms with Crippen molar-refractivity contribution in [1.29, 1.82) is 0 Å². The first-order valence-electron chi connectivity index (χ1n) is 8.70. The number of nitrogens with one attached hydrogen (secondary N) is 1. The van der Waals surface area contributed by atoms with Crippen molar-refractivity contribution in [1.82, 2.24) is 4.98 Å². The van der Waals surface area contributed by atoms with Crippen molar-refractivity contribution in [2.75, 3.05) is 11.0 Å². The minimum atomic E-state index is -3.43. The number of aromatic nitrogens is 1. The summed E-state index contributed by atoms with van der Waals surface area (Å²) >= 11 is 0. The van der Waals surface area contributed by atoms with Crippen molar-refractivity contribution in [3.05, 3.63) is 84.9 Å². The van der Waals surface area contributed by atoms with E-state index in [4.69, 9.17) is 9.40 Å². The van der Waals surface area contributed by atoms with E-state index in [9.17, 15) is 8.42 Å². The molecule has 0 radical (unpaired) electrons. The first kappa shape index (κ1) is 18.0. The monoisotopic (exact) mass is 390 g/mol. The Labute approximate surface area is 163 Å². The fraction of sp³-hybridized carbons (Fsp3) is 0.0455. The molecule has 1 heterocycles. The topological polar surface area (TPSA) is 72.2 Å². The van der Waals surface area contributed by atoms with Gasteiger partial charge in [-0.2, -0.15) is 0 Å². The summed E-state index contributed by atoms with van der Waals surface area (Å²) in [6.07, 6.45) is 1.12. The Morgan fingerprint density at radius 1 is 0.786 bits per heavy atom. The number of nitrogens with zero attached hydrogens (tertiary/aromatic N) is 1. The summed E-state index contributed by atoms with van der Waals surface area (Å²) in [7, 11) is -3.43. The average Bonchev–Trinajstić information content (AvgIpc) is 3.14. The number of hydrogen-bond acceptors (Lipinski definition) is 4. The van der Waals surface area contributed by atoms with E-state index in [1.54, 1.807) is 18.2 Å². The van der Waals surface area contributed by atoms with Crippen LogP contribution in [-0.4, -0.2) is 19.7 Å². The highest BCUT2D eigenvalue weighted by atomic mass is 32.2. The first-order valence-corrected chi connectivity index (χ1v) is 10.6. The van der Waals surface area contributed by atoms with Gasteiger partial charge >= 0.3 is 0 Å². The van der Waals surface area contributed by atoms with Gasteiger partial charge in [0.05, 0.1) is 17.5 Å². The van der Waals surface area contributed by atoms with E-state index >= 15 is 0 Å². The van der Waals surface area contributed by atoms with E-state index in [0.29, 0.717) is 28.6 Å². The van der Waals surface area contributed by atoms with Crippen LogP contribution in [0.5, 0.6) is 0 Å². The van der Waals surface area contributed by atoms with Gasteiger partial charge in [0.2, 0.25) is 15.9 Å². The normalized spacial score (nSPS) is 11.3. The first-order chi connectivity index (χ1) is 13.5. The van der Waals surface area contributed by atoms with Crippen molar-refractivity contribution in [3.63, 3.8) is 0 Å². The maximum absolute atomic E-state index is 11.7. The molecule has 0 aliphatic heterocycles. The summed E-state index contributed by atoms with van der Waals surface area (Å²) in [6, 6.07) is 26.5. The van der Waals surface area contributed by atoms with Crippen molar-refractivity contribution >= 4 is 15.7 Å². The maximum atomic E-state index is 11.7. The molecule has 5 nitrogen and oxygen atoms in total. The SMILES string of the molecule is CS(=O)(=O)Nc1ccccc1-c1nc(-c2ccccc2)c(-c2ccccc2)o1. The lowest BCUT2D eigenvalue weighted by Gasteiger charge is -2.07. The van der Waals surface area contributed by atoms with E-state index in [1.807, 2.05) is 66.7 Å². The molecular weight excluding hydrogens is 372 g/mol. The van der Waals surface area contributed by atoms with Crippen LogP contribution in [0.4, 0.5) is 5.69 Å². The minimum Gasteiger partial charge on any atom is -0.435 e. The molecule has 0 aliphatic carbocycles. The standard InChI is InChI=1S/C22H18N2O3S/c1-28(25,26)24-19-15-9-8-14-18(19)22-23-20(16-10-4-2-5-11-16)21(27-22)17-12-6-3-7-13-17/h2-15,24H,1H3. The fourth-order valence-electron chi connectivity index (χ4n) is 2.97. The van der Waals surface area contributed by atoms with Gasteiger partial charge in [-0.15, -0.1) is 0 Å². The lowest BCUT2D eigenvalue weighted by Crippen LogP contribution is -2.10. The second-order valence-electron chi connectivity index (χ2n) is 6.35. The zero-order chi connectivity index (χ0) is 19.6. The van der Waals surface area contributed by atoms with Crippen molar-refractivity contribution < 1.29 is 12.8 Å². The smallest absolute Gasteiger partial charge is 0.229 e. The van der Waals surface area contributed by atoms with E-state index < -0.39 is 10.0 Å². The van der Waals surface area contributed by atoms with Crippen LogP contribution in [0.3, 0.4) is 0 Å². The molecule has 3 aromatic carbocycles. The Morgan fingerprint density at radius 2 is 1.36 bits per heavy atom. The molecule has 0 spiro atoms. The average molecular weight is 390 g/mol. The summed E-state index contributed by atoms with van der Waals surface area (Å²) < 4.78 is 32.2. The molecule has 0 atom stereocenters. The summed E-state index contributed by atoms with van der Waals surface area (Å²) in [6.45, 7) is 0. The molecule has 0 aliphatic rings. The lowest BCUT2D eigenvalue weighted by molar-refractivity contribution is 0.589. The van der Waals surface area contributed by atoms with Gasteiger partial charge in [0, 0.05) is 11.1 Å². The highest BCUT2D eigenvalue weighted by molar-refractivity contribution is 7.92. The van der Waals surface area contributed by atoms with Crippen molar-refractivity contribution in [2.24, 2.45) is 0 Å². The molecule has 4 aromatic rings. The molecule has 28 heavy (non-hydrogen) atoms. The van der Waals surface area contributed by atoms with Gasteiger partial charge in [-0.1, -0.05) is 72.8 Å². The molecule has 1 N–H and O–H groups in total. The molecular formula is C22H18N2O3S. The minimum absolute atomic E-state index is 0.351. The van der Waals surface area contributed by atoms with Gasteiger partial charge < -0.3 is 4.42 Å². The number of oxazole rings is 1. The van der Waals surface area contributed by atoms with Crippen LogP contribution < -0.4 is 4.72 Å². The van der Waals surface area contributed by atoms with E-state index in [2.05, 4.69) is 4.72 Å². The van der Waals surface area contributed by atoms with Crippen molar-refractivity contribution in [2.45, 2.75) is 0 Å². The number of sulfonamides is 1. The van der Waals surface area contributed by atoms with E-state index in [0.717, 1.165) is 17.4 Å². The Bertz CT molecular complexity index is 1140. The van der Waals surface area contributed by atoms with Crippen LogP contribution in [-0.2, 0) is 10.0 Å². The Hall–Kier alpha value is -3.38. The zero-order valence-electron chi connectivity index (χ0n) is 15.2. The Balaban J connectivity index is 1.90. The maximum Gasteiger partial charge on any atom is 0.229 e.